The average Bonchev–Trinajstić information content (AvgIpc) is 2.70. The third kappa shape index (κ3) is 5.21. The summed E-state index contributed by atoms with van der Waals surface area (Å²) < 4.78 is 0. The molecule has 150 valence electrons. The number of anilines is 2. The van der Waals surface area contributed by atoms with Crippen LogP contribution in [-0.2, 0) is 9.59 Å². The summed E-state index contributed by atoms with van der Waals surface area (Å²) in [7, 11) is 1.78. The van der Waals surface area contributed by atoms with E-state index in [0.717, 1.165) is 27.7 Å². The Kier molecular flexibility index (Phi) is 6.62. The number of carbonyl (C=O) groups is 2. The van der Waals surface area contributed by atoms with Crippen LogP contribution in [0.25, 0.3) is 10.8 Å². The maximum absolute atomic E-state index is 13.0. The van der Waals surface area contributed by atoms with Gasteiger partial charge in [-0.2, -0.15) is 0 Å². The van der Waals surface area contributed by atoms with Gasteiger partial charge in [-0.25, -0.2) is 0 Å². The molecule has 3 aromatic rings. The number of hydrogen-bond donors (Lipinski definition) is 1. The second kappa shape index (κ2) is 9.34. The fourth-order valence-corrected chi connectivity index (χ4v) is 3.38. The van der Waals surface area contributed by atoms with Crippen LogP contribution in [-0.4, -0.2) is 43.4 Å². The van der Waals surface area contributed by atoms with Gasteiger partial charge in [-0.15, -0.1) is 0 Å². The molecule has 5 nitrogen and oxygen atoms in total. The zero-order chi connectivity index (χ0) is 20.8. The van der Waals surface area contributed by atoms with Gasteiger partial charge in [0.05, 0.1) is 18.8 Å². The second-order valence-electron chi connectivity index (χ2n) is 7.22. The molecule has 5 heteroatoms. The highest BCUT2D eigenvalue weighted by molar-refractivity contribution is 6.04. The summed E-state index contributed by atoms with van der Waals surface area (Å²) in [6, 6.07) is 21.7. The summed E-state index contributed by atoms with van der Waals surface area (Å²) in [4.78, 5) is 28.8. The Hall–Kier alpha value is -3.18. The molecule has 1 N–H and O–H groups in total. The van der Waals surface area contributed by atoms with Crippen molar-refractivity contribution in [2.24, 2.45) is 0 Å². The molecule has 0 aliphatic rings. The highest BCUT2D eigenvalue weighted by atomic mass is 16.2. The first-order valence-electron chi connectivity index (χ1n) is 9.81. The highest BCUT2D eigenvalue weighted by Gasteiger charge is 2.19. The lowest BCUT2D eigenvalue weighted by Crippen LogP contribution is -2.41. The smallest absolute Gasteiger partial charge is 0.241 e. The van der Waals surface area contributed by atoms with Crippen molar-refractivity contribution in [3.8, 4) is 0 Å². The fraction of sp³-hybridized carbons (Fsp3) is 0.250. The molecule has 0 unspecified atom stereocenters. The molecule has 3 aromatic carbocycles. The van der Waals surface area contributed by atoms with Gasteiger partial charge in [0.15, 0.2) is 0 Å². The van der Waals surface area contributed by atoms with Crippen LogP contribution in [0.15, 0.2) is 66.7 Å². The van der Waals surface area contributed by atoms with Gasteiger partial charge in [0.2, 0.25) is 11.8 Å². The van der Waals surface area contributed by atoms with Gasteiger partial charge >= 0.3 is 0 Å². The predicted molar refractivity (Wildman–Crippen MR) is 119 cm³/mol. The Morgan fingerprint density at radius 1 is 0.897 bits per heavy atom. The normalized spacial score (nSPS) is 10.9. The van der Waals surface area contributed by atoms with Crippen molar-refractivity contribution in [2.45, 2.75) is 13.8 Å². The van der Waals surface area contributed by atoms with Gasteiger partial charge in [-0.05, 0) is 44.5 Å². The number of amides is 2. The molecule has 29 heavy (non-hydrogen) atoms. The van der Waals surface area contributed by atoms with E-state index in [4.69, 9.17) is 0 Å². The van der Waals surface area contributed by atoms with E-state index in [0.29, 0.717) is 6.54 Å². The number of fused-ring (bicyclic) bond motifs is 1. The van der Waals surface area contributed by atoms with E-state index in [9.17, 15) is 9.59 Å². The molecule has 0 atom stereocenters. The van der Waals surface area contributed by atoms with E-state index in [1.165, 1.54) is 0 Å². The minimum atomic E-state index is -0.141. The monoisotopic (exact) mass is 389 g/mol. The molecule has 0 aromatic heterocycles. The molecule has 0 heterocycles. The number of aryl methyl sites for hydroxylation is 1. The highest BCUT2D eigenvalue weighted by Crippen LogP contribution is 2.26. The Bertz CT molecular complexity index is 993. The lowest BCUT2D eigenvalue weighted by atomic mass is 10.1. The van der Waals surface area contributed by atoms with Gasteiger partial charge < -0.3 is 10.2 Å². The van der Waals surface area contributed by atoms with Gasteiger partial charge in [-0.1, -0.05) is 54.1 Å². The molecule has 0 bridgehead atoms. The van der Waals surface area contributed by atoms with Crippen molar-refractivity contribution in [3.05, 3.63) is 72.3 Å². The Labute approximate surface area is 171 Å². The summed E-state index contributed by atoms with van der Waals surface area (Å²) in [5.41, 5.74) is 2.79. The third-order valence-electron chi connectivity index (χ3n) is 4.83. The van der Waals surface area contributed by atoms with Crippen LogP contribution < -0.4 is 10.2 Å². The van der Waals surface area contributed by atoms with E-state index >= 15 is 0 Å². The largest absolute Gasteiger partial charge is 0.325 e. The minimum absolute atomic E-state index is 0.0329. The second-order valence-corrected chi connectivity index (χ2v) is 7.22. The summed E-state index contributed by atoms with van der Waals surface area (Å²) >= 11 is 0. The molecule has 0 saturated heterocycles. The molecule has 0 aliphatic carbocycles. The van der Waals surface area contributed by atoms with E-state index in [1.807, 2.05) is 80.6 Å². The molecule has 0 spiro atoms. The number of rotatable bonds is 7. The summed E-state index contributed by atoms with van der Waals surface area (Å²) in [6.45, 7) is 4.84. The predicted octanol–water partition coefficient (Wildman–Crippen LogP) is 4.07. The molecular weight excluding hydrogens is 362 g/mol. The molecule has 3 rings (SSSR count). The van der Waals surface area contributed by atoms with Crippen LogP contribution in [0.5, 0.6) is 0 Å². The lowest BCUT2D eigenvalue weighted by Gasteiger charge is -2.25. The van der Waals surface area contributed by atoms with Crippen LogP contribution in [0.4, 0.5) is 11.4 Å². The zero-order valence-corrected chi connectivity index (χ0v) is 17.2. The van der Waals surface area contributed by atoms with Crippen molar-refractivity contribution < 1.29 is 9.59 Å². The van der Waals surface area contributed by atoms with Crippen LogP contribution in [0.3, 0.4) is 0 Å². The fourth-order valence-electron chi connectivity index (χ4n) is 3.38. The van der Waals surface area contributed by atoms with E-state index in [2.05, 4.69) is 5.32 Å². The molecule has 0 radical (unpaired) electrons. The standard InChI is InChI=1S/C24H27N3O2/c1-4-27(22-11-7-9-19-8-5-6-10-21(19)22)24(29)17-26(3)16-23(28)25-20-14-12-18(2)13-15-20/h5-15H,4,16-17H2,1-3H3,(H,25,28). The van der Waals surface area contributed by atoms with Crippen molar-refractivity contribution in [1.82, 2.24) is 4.90 Å². The first kappa shape index (κ1) is 20.6. The quantitative estimate of drug-likeness (QED) is 0.663. The van der Waals surface area contributed by atoms with Crippen LogP contribution >= 0.6 is 0 Å². The molecule has 0 saturated carbocycles. The van der Waals surface area contributed by atoms with Crippen LogP contribution in [0, 0.1) is 6.92 Å². The van der Waals surface area contributed by atoms with Gasteiger partial charge in [-0.3, -0.25) is 14.5 Å². The molecular formula is C24H27N3O2. The minimum Gasteiger partial charge on any atom is -0.325 e. The average molecular weight is 389 g/mol. The Morgan fingerprint density at radius 3 is 2.31 bits per heavy atom. The first-order valence-corrected chi connectivity index (χ1v) is 9.81. The van der Waals surface area contributed by atoms with E-state index in [1.54, 1.807) is 16.8 Å². The van der Waals surface area contributed by atoms with Crippen LogP contribution in [0.1, 0.15) is 12.5 Å². The number of benzene rings is 3. The van der Waals surface area contributed by atoms with E-state index < -0.39 is 0 Å². The van der Waals surface area contributed by atoms with Crippen molar-refractivity contribution in [3.63, 3.8) is 0 Å². The number of carbonyl (C=O) groups excluding carboxylic acids is 2. The molecule has 2 amide bonds. The van der Waals surface area contributed by atoms with Gasteiger partial charge in [0.1, 0.15) is 0 Å². The van der Waals surface area contributed by atoms with Crippen molar-refractivity contribution in [1.29, 1.82) is 0 Å². The molecule has 0 aliphatic heterocycles. The number of likely N-dealkylation sites (N-methyl/N-ethyl adjacent to an activating group) is 2. The van der Waals surface area contributed by atoms with Crippen molar-refractivity contribution in [2.75, 3.05) is 36.9 Å². The zero-order valence-electron chi connectivity index (χ0n) is 17.2. The Morgan fingerprint density at radius 2 is 1.59 bits per heavy atom. The van der Waals surface area contributed by atoms with Crippen molar-refractivity contribution >= 4 is 34.0 Å². The lowest BCUT2D eigenvalue weighted by molar-refractivity contribution is -0.120. The molecule has 0 fully saturated rings. The van der Waals surface area contributed by atoms with Gasteiger partial charge in [0.25, 0.3) is 0 Å². The Balaban J connectivity index is 1.64. The van der Waals surface area contributed by atoms with Crippen LogP contribution in [0.2, 0.25) is 0 Å². The van der Waals surface area contributed by atoms with E-state index in [-0.39, 0.29) is 24.9 Å². The first-order chi connectivity index (χ1) is 14.0. The SMILES string of the molecule is CCN(C(=O)CN(C)CC(=O)Nc1ccc(C)cc1)c1cccc2ccccc12. The summed E-state index contributed by atoms with van der Waals surface area (Å²) in [5, 5.41) is 5.01. The summed E-state index contributed by atoms with van der Waals surface area (Å²) in [6.07, 6.45) is 0. The number of nitrogens with one attached hydrogen (secondary N) is 1. The number of hydrogen-bond acceptors (Lipinski definition) is 3. The maximum Gasteiger partial charge on any atom is 0.241 e. The maximum atomic E-state index is 13.0. The summed E-state index contributed by atoms with van der Waals surface area (Å²) in [5.74, 6) is -0.174. The van der Waals surface area contributed by atoms with Gasteiger partial charge in [0, 0.05) is 17.6 Å². The third-order valence-corrected chi connectivity index (χ3v) is 4.83. The topological polar surface area (TPSA) is 52.7 Å². The number of nitrogens with zero attached hydrogens (tertiary/aromatic N) is 2.